The van der Waals surface area contributed by atoms with E-state index in [1.807, 2.05) is 23.1 Å². The lowest BCUT2D eigenvalue weighted by Gasteiger charge is -2.35. The number of rotatable bonds is 3. The van der Waals surface area contributed by atoms with Crippen molar-refractivity contribution in [3.8, 4) is 0 Å². The van der Waals surface area contributed by atoms with Crippen molar-refractivity contribution >= 4 is 11.8 Å². The summed E-state index contributed by atoms with van der Waals surface area (Å²) in [6.45, 7) is 3.31. The van der Waals surface area contributed by atoms with Crippen LogP contribution in [0.3, 0.4) is 0 Å². The summed E-state index contributed by atoms with van der Waals surface area (Å²) < 4.78 is 0. The van der Waals surface area contributed by atoms with Gasteiger partial charge in [-0.25, -0.2) is 9.78 Å². The summed E-state index contributed by atoms with van der Waals surface area (Å²) in [7, 11) is 0. The van der Waals surface area contributed by atoms with Crippen LogP contribution in [0, 0.1) is 0 Å². The number of anilines is 1. The highest BCUT2D eigenvalue weighted by molar-refractivity contribution is 5.74. The van der Waals surface area contributed by atoms with Gasteiger partial charge in [0.2, 0.25) is 0 Å². The molecule has 2 amide bonds. The maximum Gasteiger partial charge on any atom is 0.317 e. The predicted octanol–water partition coefficient (Wildman–Crippen LogP) is 0.903. The SMILES string of the molecule is O=C(NCc1ccccn1)N1CCN(c2cnccn2)CC1. The van der Waals surface area contributed by atoms with Gasteiger partial charge in [0.1, 0.15) is 5.82 Å². The van der Waals surface area contributed by atoms with Gasteiger partial charge in [-0.15, -0.1) is 0 Å². The van der Waals surface area contributed by atoms with E-state index in [1.165, 1.54) is 0 Å². The molecular formula is C15H18N6O. The number of hydrogen-bond acceptors (Lipinski definition) is 5. The molecule has 22 heavy (non-hydrogen) atoms. The fourth-order valence-corrected chi connectivity index (χ4v) is 2.37. The first-order valence-corrected chi connectivity index (χ1v) is 7.26. The van der Waals surface area contributed by atoms with Gasteiger partial charge in [0.15, 0.2) is 0 Å². The second-order valence-corrected chi connectivity index (χ2v) is 5.02. The van der Waals surface area contributed by atoms with E-state index in [9.17, 15) is 4.79 Å². The zero-order chi connectivity index (χ0) is 15.2. The van der Waals surface area contributed by atoms with Crippen molar-refractivity contribution in [2.24, 2.45) is 0 Å². The van der Waals surface area contributed by atoms with Crippen molar-refractivity contribution in [1.29, 1.82) is 0 Å². The second-order valence-electron chi connectivity index (χ2n) is 5.02. The molecule has 0 saturated carbocycles. The van der Waals surface area contributed by atoms with Crippen molar-refractivity contribution in [3.05, 3.63) is 48.7 Å². The van der Waals surface area contributed by atoms with Crippen LogP contribution in [0.1, 0.15) is 5.69 Å². The minimum atomic E-state index is -0.0514. The first-order chi connectivity index (χ1) is 10.8. The van der Waals surface area contributed by atoms with E-state index >= 15 is 0 Å². The summed E-state index contributed by atoms with van der Waals surface area (Å²) in [6, 6.07) is 5.61. The van der Waals surface area contributed by atoms with E-state index in [4.69, 9.17) is 0 Å². The van der Waals surface area contributed by atoms with Gasteiger partial charge in [-0.05, 0) is 12.1 Å². The third kappa shape index (κ3) is 3.49. The number of hydrogen-bond donors (Lipinski definition) is 1. The zero-order valence-corrected chi connectivity index (χ0v) is 12.2. The molecule has 0 atom stereocenters. The molecule has 1 fully saturated rings. The van der Waals surface area contributed by atoms with Crippen LogP contribution in [-0.4, -0.2) is 52.1 Å². The van der Waals surface area contributed by atoms with E-state index in [1.54, 1.807) is 24.8 Å². The molecule has 1 saturated heterocycles. The molecule has 1 aliphatic heterocycles. The van der Waals surface area contributed by atoms with Crippen molar-refractivity contribution in [3.63, 3.8) is 0 Å². The number of carbonyl (C=O) groups excluding carboxylic acids is 1. The molecule has 0 spiro atoms. The average molecular weight is 298 g/mol. The third-order valence-electron chi connectivity index (χ3n) is 3.59. The van der Waals surface area contributed by atoms with Gasteiger partial charge in [-0.3, -0.25) is 9.97 Å². The number of nitrogens with one attached hydrogen (secondary N) is 1. The molecule has 0 radical (unpaired) electrons. The van der Waals surface area contributed by atoms with Gasteiger partial charge in [-0.1, -0.05) is 6.07 Å². The molecule has 0 aliphatic carbocycles. The Morgan fingerprint density at radius 1 is 1.09 bits per heavy atom. The molecule has 2 aromatic heterocycles. The van der Waals surface area contributed by atoms with E-state index in [2.05, 4.69) is 25.2 Å². The molecule has 0 bridgehead atoms. The number of pyridine rings is 1. The Morgan fingerprint density at radius 2 is 1.95 bits per heavy atom. The Bertz CT molecular complexity index is 598. The van der Waals surface area contributed by atoms with Gasteiger partial charge in [-0.2, -0.15) is 0 Å². The van der Waals surface area contributed by atoms with Gasteiger partial charge in [0.05, 0.1) is 18.4 Å². The van der Waals surface area contributed by atoms with Crippen LogP contribution in [0.15, 0.2) is 43.0 Å². The lowest BCUT2D eigenvalue weighted by Crippen LogP contribution is -2.52. The van der Waals surface area contributed by atoms with E-state index in [-0.39, 0.29) is 6.03 Å². The van der Waals surface area contributed by atoms with Crippen LogP contribution >= 0.6 is 0 Å². The number of carbonyl (C=O) groups is 1. The van der Waals surface area contributed by atoms with E-state index in [0.29, 0.717) is 19.6 Å². The van der Waals surface area contributed by atoms with Gasteiger partial charge in [0, 0.05) is 44.8 Å². The van der Waals surface area contributed by atoms with Crippen LogP contribution in [0.2, 0.25) is 0 Å². The Hall–Kier alpha value is -2.70. The van der Waals surface area contributed by atoms with E-state index in [0.717, 1.165) is 24.6 Å². The summed E-state index contributed by atoms with van der Waals surface area (Å²) in [5.74, 6) is 0.857. The highest BCUT2D eigenvalue weighted by Gasteiger charge is 2.21. The van der Waals surface area contributed by atoms with Gasteiger partial charge >= 0.3 is 6.03 Å². The third-order valence-corrected chi connectivity index (χ3v) is 3.59. The Morgan fingerprint density at radius 3 is 2.64 bits per heavy atom. The molecule has 0 unspecified atom stereocenters. The molecule has 7 heteroatoms. The predicted molar refractivity (Wildman–Crippen MR) is 82.3 cm³/mol. The molecule has 3 heterocycles. The second kappa shape index (κ2) is 6.84. The first-order valence-electron chi connectivity index (χ1n) is 7.26. The topological polar surface area (TPSA) is 74.2 Å². The number of amides is 2. The van der Waals surface area contributed by atoms with Crippen molar-refractivity contribution in [2.45, 2.75) is 6.54 Å². The van der Waals surface area contributed by atoms with Crippen molar-refractivity contribution < 1.29 is 4.79 Å². The lowest BCUT2D eigenvalue weighted by molar-refractivity contribution is 0.193. The largest absolute Gasteiger partial charge is 0.352 e. The van der Waals surface area contributed by atoms with Gasteiger partial charge in [0.25, 0.3) is 0 Å². The molecule has 114 valence electrons. The normalized spacial score (nSPS) is 14.7. The lowest BCUT2D eigenvalue weighted by atomic mass is 10.3. The first kappa shape index (κ1) is 14.2. The molecule has 1 aliphatic rings. The molecular weight excluding hydrogens is 280 g/mol. The smallest absolute Gasteiger partial charge is 0.317 e. The summed E-state index contributed by atoms with van der Waals surface area (Å²) in [4.78, 5) is 28.7. The molecule has 2 aromatic rings. The van der Waals surface area contributed by atoms with E-state index < -0.39 is 0 Å². The quantitative estimate of drug-likeness (QED) is 0.911. The average Bonchev–Trinajstić information content (AvgIpc) is 2.61. The Balaban J connectivity index is 1.48. The van der Waals surface area contributed by atoms with Crippen LogP contribution in [-0.2, 0) is 6.54 Å². The van der Waals surface area contributed by atoms with Crippen molar-refractivity contribution in [2.75, 3.05) is 31.1 Å². The number of piperazine rings is 1. The fourth-order valence-electron chi connectivity index (χ4n) is 2.37. The van der Waals surface area contributed by atoms with Crippen LogP contribution in [0.5, 0.6) is 0 Å². The summed E-state index contributed by atoms with van der Waals surface area (Å²) in [5, 5.41) is 2.90. The zero-order valence-electron chi connectivity index (χ0n) is 12.2. The highest BCUT2D eigenvalue weighted by atomic mass is 16.2. The maximum atomic E-state index is 12.2. The summed E-state index contributed by atoms with van der Waals surface area (Å²) in [6.07, 6.45) is 6.81. The number of urea groups is 1. The minimum absolute atomic E-state index is 0.0514. The Labute approximate surface area is 129 Å². The van der Waals surface area contributed by atoms with Gasteiger partial charge < -0.3 is 15.1 Å². The Kier molecular flexibility index (Phi) is 4.43. The summed E-state index contributed by atoms with van der Waals surface area (Å²) >= 11 is 0. The monoisotopic (exact) mass is 298 g/mol. The molecule has 0 aromatic carbocycles. The molecule has 3 rings (SSSR count). The van der Waals surface area contributed by atoms with Crippen LogP contribution in [0.4, 0.5) is 10.6 Å². The maximum absolute atomic E-state index is 12.2. The molecule has 1 N–H and O–H groups in total. The van der Waals surface area contributed by atoms with Crippen LogP contribution in [0.25, 0.3) is 0 Å². The summed E-state index contributed by atoms with van der Waals surface area (Å²) in [5.41, 5.74) is 0.856. The minimum Gasteiger partial charge on any atom is -0.352 e. The number of aromatic nitrogens is 3. The van der Waals surface area contributed by atoms with Crippen LogP contribution < -0.4 is 10.2 Å². The molecule has 7 nitrogen and oxygen atoms in total. The number of nitrogens with zero attached hydrogens (tertiary/aromatic N) is 5. The standard InChI is InChI=1S/C15H18N6O/c22-15(19-11-13-3-1-2-4-17-13)21-9-7-20(8-10-21)14-12-16-5-6-18-14/h1-6,12H,7-11H2,(H,19,22). The highest BCUT2D eigenvalue weighted by Crippen LogP contribution is 2.11. The van der Waals surface area contributed by atoms with Crippen molar-refractivity contribution in [1.82, 2.24) is 25.2 Å². The fraction of sp³-hybridized carbons (Fsp3) is 0.333.